The summed E-state index contributed by atoms with van der Waals surface area (Å²) in [5.74, 6) is 1.65. The number of allylic oxidation sites excluding steroid dienone is 6. The second kappa shape index (κ2) is 9.55. The molecule has 0 amide bonds. The molecule has 0 saturated heterocycles. The molecule has 2 atom stereocenters. The zero-order chi connectivity index (χ0) is 19.1. The number of fused-ring (bicyclic) bond motifs is 1. The summed E-state index contributed by atoms with van der Waals surface area (Å²) in [5, 5.41) is 0. The minimum Gasteiger partial charge on any atom is -0.0869 e. The van der Waals surface area contributed by atoms with Gasteiger partial charge in [-0.3, -0.25) is 0 Å². The Hall–Kier alpha value is -2.34. The minimum atomic E-state index is 0.429. The number of hydrogen-bond acceptors (Lipinski definition) is 0. The lowest BCUT2D eigenvalue weighted by atomic mass is 9.85. The average molecular weight is 357 g/mol. The Morgan fingerprint density at radius 1 is 0.778 bits per heavy atom. The minimum absolute atomic E-state index is 0.429. The number of rotatable bonds is 5. The Morgan fingerprint density at radius 2 is 1.41 bits per heavy atom. The van der Waals surface area contributed by atoms with Crippen LogP contribution in [-0.4, -0.2) is 0 Å². The third kappa shape index (κ3) is 4.16. The zero-order valence-corrected chi connectivity index (χ0v) is 16.9. The molecule has 1 unspecified atom stereocenters. The molecule has 0 N–H and O–H groups in total. The largest absolute Gasteiger partial charge is 0.0869 e. The molecule has 0 aliphatic heterocycles. The van der Waals surface area contributed by atoms with Gasteiger partial charge < -0.3 is 0 Å². The van der Waals surface area contributed by atoms with E-state index < -0.39 is 0 Å². The van der Waals surface area contributed by atoms with E-state index in [1.165, 1.54) is 30.4 Å². The van der Waals surface area contributed by atoms with Crippen molar-refractivity contribution in [3.05, 3.63) is 107 Å². The third-order valence-corrected chi connectivity index (χ3v) is 5.74. The van der Waals surface area contributed by atoms with Crippen LogP contribution in [-0.2, 0) is 0 Å². The molecule has 2 aromatic carbocycles. The van der Waals surface area contributed by atoms with Crippen molar-refractivity contribution in [2.45, 2.75) is 51.9 Å². The lowest BCUT2D eigenvalue weighted by Crippen LogP contribution is -2.02. The van der Waals surface area contributed by atoms with Gasteiger partial charge in [-0.15, -0.1) is 0 Å². The molecule has 2 aliphatic carbocycles. The molecule has 2 aromatic rings. The second-order valence-electron chi connectivity index (χ2n) is 7.18. The van der Waals surface area contributed by atoms with E-state index in [0.29, 0.717) is 17.8 Å². The first-order chi connectivity index (χ1) is 13.4. The summed E-state index contributed by atoms with van der Waals surface area (Å²) in [4.78, 5) is 0. The van der Waals surface area contributed by atoms with E-state index in [1.54, 1.807) is 11.1 Å². The van der Waals surface area contributed by atoms with Crippen molar-refractivity contribution in [2.75, 3.05) is 0 Å². The van der Waals surface area contributed by atoms with E-state index >= 15 is 0 Å². The van der Waals surface area contributed by atoms with Crippen LogP contribution in [0, 0.1) is 5.92 Å². The second-order valence-corrected chi connectivity index (χ2v) is 7.18. The lowest BCUT2D eigenvalue weighted by molar-refractivity contribution is 0.585. The van der Waals surface area contributed by atoms with E-state index in [0.717, 1.165) is 0 Å². The van der Waals surface area contributed by atoms with E-state index in [1.807, 2.05) is 13.8 Å². The van der Waals surface area contributed by atoms with E-state index in [2.05, 4.69) is 91.9 Å². The van der Waals surface area contributed by atoms with Gasteiger partial charge in [0.2, 0.25) is 0 Å². The Labute approximate surface area is 165 Å². The highest BCUT2D eigenvalue weighted by atomic mass is 14.4. The quantitative estimate of drug-likeness (QED) is 0.479. The topological polar surface area (TPSA) is 0 Å². The monoisotopic (exact) mass is 356 g/mol. The van der Waals surface area contributed by atoms with Crippen molar-refractivity contribution in [3.63, 3.8) is 0 Å². The van der Waals surface area contributed by atoms with Gasteiger partial charge >= 0.3 is 0 Å². The Kier molecular flexibility index (Phi) is 6.87. The molecule has 0 heterocycles. The van der Waals surface area contributed by atoms with Gasteiger partial charge in [0.25, 0.3) is 0 Å². The molecule has 0 radical (unpaired) electrons. The molecule has 4 rings (SSSR count). The highest BCUT2D eigenvalue weighted by Gasteiger charge is 2.35. The molecular weight excluding hydrogens is 324 g/mol. The predicted molar refractivity (Wildman–Crippen MR) is 118 cm³/mol. The average Bonchev–Trinajstić information content (AvgIpc) is 3.36. The standard InChI is InChI=1S/C25H26.C2H6/c1-2-21-22(18-10-13-19-11-6-7-12-19)23-16-8-9-17-24(23)25(21)20-14-4-3-5-15-20;1-2/h2-9,11-12,14-17,19,22,25H,10,13,18H2,1H3;1-2H3/b21-2-;/t22-,25?;/m1./s1. The fourth-order valence-electron chi connectivity index (χ4n) is 4.59. The van der Waals surface area contributed by atoms with Gasteiger partial charge in [0.05, 0.1) is 0 Å². The van der Waals surface area contributed by atoms with Crippen molar-refractivity contribution >= 4 is 0 Å². The van der Waals surface area contributed by atoms with Crippen LogP contribution >= 0.6 is 0 Å². The van der Waals surface area contributed by atoms with Crippen molar-refractivity contribution in [3.8, 4) is 0 Å². The van der Waals surface area contributed by atoms with Crippen molar-refractivity contribution in [1.82, 2.24) is 0 Å². The molecule has 0 spiro atoms. The summed E-state index contributed by atoms with van der Waals surface area (Å²) < 4.78 is 0. The molecule has 0 saturated carbocycles. The summed E-state index contributed by atoms with van der Waals surface area (Å²) in [6.45, 7) is 6.21. The van der Waals surface area contributed by atoms with Gasteiger partial charge in [0, 0.05) is 11.8 Å². The molecule has 0 bridgehead atoms. The van der Waals surface area contributed by atoms with E-state index in [9.17, 15) is 0 Å². The van der Waals surface area contributed by atoms with Gasteiger partial charge in [-0.05, 0) is 42.4 Å². The Bertz CT molecular complexity index is 795. The predicted octanol–water partition coefficient (Wildman–Crippen LogP) is 7.80. The van der Waals surface area contributed by atoms with Crippen LogP contribution in [0.4, 0.5) is 0 Å². The van der Waals surface area contributed by atoms with Crippen LogP contribution in [0.15, 0.2) is 90.6 Å². The zero-order valence-electron chi connectivity index (χ0n) is 16.9. The molecule has 27 heavy (non-hydrogen) atoms. The van der Waals surface area contributed by atoms with Crippen LogP contribution in [0.1, 0.15) is 68.6 Å². The lowest BCUT2D eigenvalue weighted by Gasteiger charge is -2.18. The Morgan fingerprint density at radius 3 is 2.07 bits per heavy atom. The molecule has 0 heteroatoms. The number of hydrogen-bond donors (Lipinski definition) is 0. The summed E-state index contributed by atoms with van der Waals surface area (Å²) in [6, 6.07) is 20.1. The first kappa shape index (κ1) is 19.4. The molecule has 0 fully saturated rings. The van der Waals surface area contributed by atoms with Crippen molar-refractivity contribution < 1.29 is 0 Å². The maximum atomic E-state index is 2.37. The first-order valence-corrected chi connectivity index (χ1v) is 10.5. The summed E-state index contributed by atoms with van der Waals surface area (Å²) in [6.07, 6.45) is 15.2. The van der Waals surface area contributed by atoms with Gasteiger partial charge in [0.1, 0.15) is 0 Å². The third-order valence-electron chi connectivity index (χ3n) is 5.74. The Balaban J connectivity index is 0.00000102. The maximum absolute atomic E-state index is 2.37. The highest BCUT2D eigenvalue weighted by Crippen LogP contribution is 2.51. The first-order valence-electron chi connectivity index (χ1n) is 10.5. The van der Waals surface area contributed by atoms with Crippen LogP contribution < -0.4 is 0 Å². The normalized spacial score (nSPS) is 22.0. The highest BCUT2D eigenvalue weighted by molar-refractivity contribution is 5.55. The summed E-state index contributed by atoms with van der Waals surface area (Å²) in [7, 11) is 0. The smallest absolute Gasteiger partial charge is 0.0307 e. The molecule has 2 aliphatic rings. The summed E-state index contributed by atoms with van der Waals surface area (Å²) in [5.41, 5.74) is 6.06. The fourth-order valence-corrected chi connectivity index (χ4v) is 4.59. The van der Waals surface area contributed by atoms with Crippen LogP contribution in [0.25, 0.3) is 0 Å². The van der Waals surface area contributed by atoms with Crippen LogP contribution in [0.2, 0.25) is 0 Å². The van der Waals surface area contributed by atoms with E-state index in [4.69, 9.17) is 0 Å². The van der Waals surface area contributed by atoms with Gasteiger partial charge in [-0.2, -0.15) is 0 Å². The summed E-state index contributed by atoms with van der Waals surface area (Å²) >= 11 is 0. The van der Waals surface area contributed by atoms with Gasteiger partial charge in [0.15, 0.2) is 0 Å². The van der Waals surface area contributed by atoms with Crippen molar-refractivity contribution in [2.24, 2.45) is 5.92 Å². The SMILES string of the molecule is C/C=C1\C(c2ccccc2)c2ccccc2[C@@H]1CCCC1C=CC=C1.CC. The molecule has 0 nitrogen and oxygen atoms in total. The molecule has 140 valence electrons. The van der Waals surface area contributed by atoms with Gasteiger partial charge in [-0.25, -0.2) is 0 Å². The van der Waals surface area contributed by atoms with Crippen molar-refractivity contribution in [1.29, 1.82) is 0 Å². The number of benzene rings is 2. The van der Waals surface area contributed by atoms with Crippen LogP contribution in [0.3, 0.4) is 0 Å². The molecular formula is C27H32. The molecule has 0 aromatic heterocycles. The maximum Gasteiger partial charge on any atom is 0.0307 e. The van der Waals surface area contributed by atoms with Gasteiger partial charge in [-0.1, -0.05) is 111 Å². The van der Waals surface area contributed by atoms with Crippen LogP contribution in [0.5, 0.6) is 0 Å². The fraction of sp³-hybridized carbons (Fsp3) is 0.333. The van der Waals surface area contributed by atoms with E-state index in [-0.39, 0.29) is 0 Å².